The minimum absolute atomic E-state index is 0.0616. The smallest absolute Gasteiger partial charge is 0.256 e. The Bertz CT molecular complexity index is 291. The van der Waals surface area contributed by atoms with Gasteiger partial charge in [-0.05, 0) is 12.8 Å². The normalized spacial score (nSPS) is 28.3. The molecule has 1 saturated heterocycles. The summed E-state index contributed by atoms with van der Waals surface area (Å²) in [5, 5.41) is 9.56. The number of rotatable bonds is 0. The molecule has 0 aromatic rings. The summed E-state index contributed by atoms with van der Waals surface area (Å²) < 4.78 is 0. The zero-order valence-corrected chi connectivity index (χ0v) is 6.95. The van der Waals surface area contributed by atoms with E-state index >= 15 is 0 Å². The molecule has 1 unspecified atom stereocenters. The first-order chi connectivity index (χ1) is 5.72. The van der Waals surface area contributed by atoms with Gasteiger partial charge in [-0.3, -0.25) is 4.79 Å². The molecule has 1 amide bonds. The highest BCUT2D eigenvalue weighted by molar-refractivity contribution is 6.01. The van der Waals surface area contributed by atoms with Crippen LogP contribution >= 0.6 is 0 Å². The van der Waals surface area contributed by atoms with Crippen molar-refractivity contribution in [3.8, 4) is 0 Å². The number of nitrogens with zero attached hydrogens (tertiary/aromatic N) is 1. The van der Waals surface area contributed by atoms with Crippen LogP contribution in [-0.4, -0.2) is 29.2 Å². The van der Waals surface area contributed by atoms with E-state index in [-0.39, 0.29) is 5.91 Å². The molecule has 1 atom stereocenters. The maximum Gasteiger partial charge on any atom is 0.256 e. The van der Waals surface area contributed by atoms with E-state index in [1.54, 1.807) is 7.05 Å². The van der Waals surface area contributed by atoms with Crippen LogP contribution in [0.2, 0.25) is 0 Å². The van der Waals surface area contributed by atoms with E-state index in [1.807, 2.05) is 12.2 Å². The predicted molar refractivity (Wildman–Crippen MR) is 44.2 cm³/mol. The molecular weight excluding hydrogens is 154 g/mol. The zero-order chi connectivity index (χ0) is 8.72. The molecule has 1 heterocycles. The highest BCUT2D eigenvalue weighted by atomic mass is 16.3. The number of aliphatic hydroxyl groups is 1. The van der Waals surface area contributed by atoms with E-state index in [0.29, 0.717) is 5.57 Å². The monoisotopic (exact) mass is 165 g/mol. The van der Waals surface area contributed by atoms with E-state index in [1.165, 1.54) is 4.90 Å². The Labute approximate surface area is 71.0 Å². The molecule has 3 heteroatoms. The molecule has 3 nitrogen and oxygen atoms in total. The molecule has 0 bridgehead atoms. The van der Waals surface area contributed by atoms with Crippen molar-refractivity contribution in [3.63, 3.8) is 0 Å². The van der Waals surface area contributed by atoms with Gasteiger partial charge in [-0.15, -0.1) is 0 Å². The maximum atomic E-state index is 11.4. The fraction of sp³-hybridized carbons (Fsp3) is 0.444. The zero-order valence-electron chi connectivity index (χ0n) is 6.95. The lowest BCUT2D eigenvalue weighted by Crippen LogP contribution is -2.28. The van der Waals surface area contributed by atoms with Gasteiger partial charge >= 0.3 is 0 Å². The summed E-state index contributed by atoms with van der Waals surface area (Å²) in [6, 6.07) is 0. The Kier molecular flexibility index (Phi) is 1.54. The van der Waals surface area contributed by atoms with Crippen LogP contribution in [0.3, 0.4) is 0 Å². The first-order valence-corrected chi connectivity index (χ1v) is 4.07. The number of allylic oxidation sites excluding steroid dienone is 2. The first-order valence-electron chi connectivity index (χ1n) is 4.07. The van der Waals surface area contributed by atoms with Gasteiger partial charge in [0.2, 0.25) is 0 Å². The van der Waals surface area contributed by atoms with Crippen LogP contribution < -0.4 is 0 Å². The number of amides is 1. The predicted octanol–water partition coefficient (Wildman–Crippen LogP) is 0.423. The van der Waals surface area contributed by atoms with Gasteiger partial charge in [0.25, 0.3) is 5.91 Å². The molecular formula is C9H11NO2. The van der Waals surface area contributed by atoms with Gasteiger partial charge < -0.3 is 10.0 Å². The first kappa shape index (κ1) is 7.55. The van der Waals surface area contributed by atoms with Crippen molar-refractivity contribution in [2.24, 2.45) is 0 Å². The fourth-order valence-electron chi connectivity index (χ4n) is 1.66. The van der Waals surface area contributed by atoms with E-state index in [2.05, 4.69) is 0 Å². The van der Waals surface area contributed by atoms with Crippen molar-refractivity contribution in [1.29, 1.82) is 0 Å². The highest BCUT2D eigenvalue weighted by Gasteiger charge is 2.36. The topological polar surface area (TPSA) is 40.5 Å². The Morgan fingerprint density at radius 3 is 2.83 bits per heavy atom. The van der Waals surface area contributed by atoms with Crippen molar-refractivity contribution in [2.45, 2.75) is 19.1 Å². The summed E-state index contributed by atoms with van der Waals surface area (Å²) in [5.74, 6) is -0.0616. The Hall–Kier alpha value is -1.09. The molecule has 0 spiro atoms. The van der Waals surface area contributed by atoms with Crippen LogP contribution in [0.4, 0.5) is 0 Å². The van der Waals surface area contributed by atoms with Crippen LogP contribution in [0.1, 0.15) is 12.8 Å². The van der Waals surface area contributed by atoms with Crippen LogP contribution in [0.25, 0.3) is 0 Å². The second-order valence-corrected chi connectivity index (χ2v) is 3.14. The quantitative estimate of drug-likeness (QED) is 0.565. The number of carbonyl (C=O) groups excluding carboxylic acids is 1. The van der Waals surface area contributed by atoms with Crippen LogP contribution in [0, 0.1) is 0 Å². The summed E-state index contributed by atoms with van der Waals surface area (Å²) >= 11 is 0. The van der Waals surface area contributed by atoms with E-state index in [0.717, 1.165) is 18.4 Å². The number of likely N-dealkylation sites (N-methyl/N-ethyl adjacent to an activating group) is 1. The van der Waals surface area contributed by atoms with Gasteiger partial charge in [0.05, 0.1) is 0 Å². The van der Waals surface area contributed by atoms with Gasteiger partial charge in [-0.1, -0.05) is 12.2 Å². The molecule has 2 aliphatic rings. The summed E-state index contributed by atoms with van der Waals surface area (Å²) in [5.41, 5.74) is 1.48. The standard InChI is InChI=1S/C9H11NO2/c1-10-8(11)6-4-2-3-5-7(6)9(10)12/h4-5,8,11H,2-3H2,1H3. The third kappa shape index (κ3) is 0.830. The number of carbonyl (C=O) groups is 1. The number of hydrogen-bond donors (Lipinski definition) is 1. The lowest BCUT2D eigenvalue weighted by atomic mass is 10.00. The minimum Gasteiger partial charge on any atom is -0.369 e. The van der Waals surface area contributed by atoms with Gasteiger partial charge in [0.15, 0.2) is 6.23 Å². The van der Waals surface area contributed by atoms with E-state index in [9.17, 15) is 9.90 Å². The lowest BCUT2D eigenvalue weighted by molar-refractivity contribution is -0.128. The maximum absolute atomic E-state index is 11.4. The van der Waals surface area contributed by atoms with E-state index in [4.69, 9.17) is 0 Å². The van der Waals surface area contributed by atoms with E-state index < -0.39 is 6.23 Å². The second-order valence-electron chi connectivity index (χ2n) is 3.14. The number of aliphatic hydroxyl groups excluding tert-OH is 1. The molecule has 1 N–H and O–H groups in total. The lowest BCUT2D eigenvalue weighted by Gasteiger charge is -2.13. The van der Waals surface area contributed by atoms with Crippen molar-refractivity contribution < 1.29 is 9.90 Å². The van der Waals surface area contributed by atoms with Crippen LogP contribution in [0.5, 0.6) is 0 Å². The van der Waals surface area contributed by atoms with Crippen LogP contribution in [0.15, 0.2) is 23.3 Å². The summed E-state index contributed by atoms with van der Waals surface area (Å²) in [7, 11) is 1.62. The average Bonchev–Trinajstić information content (AvgIpc) is 2.33. The Morgan fingerprint density at radius 2 is 2.17 bits per heavy atom. The van der Waals surface area contributed by atoms with Crippen molar-refractivity contribution in [1.82, 2.24) is 4.90 Å². The second kappa shape index (κ2) is 2.45. The van der Waals surface area contributed by atoms with Crippen molar-refractivity contribution in [2.75, 3.05) is 7.05 Å². The van der Waals surface area contributed by atoms with Gasteiger partial charge in [0, 0.05) is 18.2 Å². The molecule has 0 aromatic heterocycles. The Morgan fingerprint density at radius 1 is 1.50 bits per heavy atom. The molecule has 1 fully saturated rings. The Balaban J connectivity index is 2.44. The molecule has 12 heavy (non-hydrogen) atoms. The molecule has 0 radical (unpaired) electrons. The third-order valence-electron chi connectivity index (χ3n) is 2.39. The highest BCUT2D eigenvalue weighted by Crippen LogP contribution is 2.30. The summed E-state index contributed by atoms with van der Waals surface area (Å²) in [6.45, 7) is 0. The molecule has 0 saturated carbocycles. The summed E-state index contributed by atoms with van der Waals surface area (Å²) in [4.78, 5) is 12.8. The fourth-order valence-corrected chi connectivity index (χ4v) is 1.66. The number of hydrogen-bond acceptors (Lipinski definition) is 2. The average molecular weight is 165 g/mol. The van der Waals surface area contributed by atoms with Gasteiger partial charge in [0.1, 0.15) is 0 Å². The van der Waals surface area contributed by atoms with Crippen molar-refractivity contribution in [3.05, 3.63) is 23.3 Å². The van der Waals surface area contributed by atoms with Crippen LogP contribution in [-0.2, 0) is 4.79 Å². The molecule has 64 valence electrons. The molecule has 2 rings (SSSR count). The molecule has 0 aromatic carbocycles. The molecule has 1 aliphatic carbocycles. The van der Waals surface area contributed by atoms with Crippen molar-refractivity contribution >= 4 is 5.91 Å². The number of fused-ring (bicyclic) bond motifs is 1. The third-order valence-corrected chi connectivity index (χ3v) is 2.39. The summed E-state index contributed by atoms with van der Waals surface area (Å²) in [6.07, 6.45) is 4.97. The molecule has 1 aliphatic heterocycles. The van der Waals surface area contributed by atoms with Gasteiger partial charge in [-0.25, -0.2) is 0 Å². The SMILES string of the molecule is CN1C(=O)C2=CCCC=C2C1O. The largest absolute Gasteiger partial charge is 0.369 e. The minimum atomic E-state index is -0.718. The number of likely N-dealkylation sites (tertiary alicyclic amines) is 1. The van der Waals surface area contributed by atoms with Gasteiger partial charge in [-0.2, -0.15) is 0 Å².